The fourth-order valence-electron chi connectivity index (χ4n) is 2.19. The molecule has 0 heterocycles. The molecule has 0 aliphatic rings. The van der Waals surface area contributed by atoms with Crippen LogP contribution < -0.4 is 10.6 Å². The van der Waals surface area contributed by atoms with Crippen molar-refractivity contribution in [2.45, 2.75) is 19.9 Å². The van der Waals surface area contributed by atoms with Gasteiger partial charge in [-0.2, -0.15) is 0 Å². The van der Waals surface area contributed by atoms with Crippen LogP contribution in [0.1, 0.15) is 24.2 Å². The van der Waals surface area contributed by atoms with Crippen molar-refractivity contribution >= 4 is 33.4 Å². The molecule has 0 saturated carbocycles. The minimum absolute atomic E-state index is 0.0848. The normalized spacial score (nSPS) is 11.9. The molecule has 0 aromatic heterocycles. The van der Waals surface area contributed by atoms with E-state index in [2.05, 4.69) is 26.6 Å². The van der Waals surface area contributed by atoms with Crippen molar-refractivity contribution in [3.05, 3.63) is 64.4 Å². The third kappa shape index (κ3) is 4.64. The van der Waals surface area contributed by atoms with E-state index < -0.39 is 17.8 Å². The number of amides is 2. The summed E-state index contributed by atoms with van der Waals surface area (Å²) in [6.07, 6.45) is 0. The zero-order valence-corrected chi connectivity index (χ0v) is 14.9. The number of hydrogen-bond donors (Lipinski definition) is 2. The minimum atomic E-state index is -0.781. The van der Waals surface area contributed by atoms with E-state index in [0.717, 1.165) is 4.47 Å². The lowest BCUT2D eigenvalue weighted by Crippen LogP contribution is -2.47. The number of hydrogen-bond acceptors (Lipinski definition) is 2. The van der Waals surface area contributed by atoms with Crippen LogP contribution in [0.25, 0.3) is 0 Å². The molecule has 2 aromatic carbocycles. The van der Waals surface area contributed by atoms with Gasteiger partial charge in [-0.1, -0.05) is 48.0 Å². The number of carbonyl (C=O) groups is 2. The van der Waals surface area contributed by atoms with Crippen LogP contribution >= 0.6 is 15.9 Å². The number of anilines is 1. The molecular weight excluding hydrogens is 375 g/mol. The van der Waals surface area contributed by atoms with Crippen LogP contribution in [0.3, 0.4) is 0 Å². The highest BCUT2D eigenvalue weighted by Crippen LogP contribution is 2.17. The summed E-state index contributed by atoms with van der Waals surface area (Å²) in [5.74, 6) is -1.75. The van der Waals surface area contributed by atoms with Gasteiger partial charge in [0, 0.05) is 10.2 Å². The van der Waals surface area contributed by atoms with Crippen molar-refractivity contribution in [2.75, 3.05) is 5.32 Å². The van der Waals surface area contributed by atoms with Gasteiger partial charge in [0.15, 0.2) is 0 Å². The van der Waals surface area contributed by atoms with Gasteiger partial charge in [-0.05, 0) is 36.2 Å². The van der Waals surface area contributed by atoms with Gasteiger partial charge in [0.1, 0.15) is 11.9 Å². The Balaban J connectivity index is 2.13. The molecule has 24 heavy (non-hydrogen) atoms. The van der Waals surface area contributed by atoms with Crippen LogP contribution in [-0.4, -0.2) is 17.9 Å². The highest BCUT2D eigenvalue weighted by molar-refractivity contribution is 9.10. The third-order valence-corrected chi connectivity index (χ3v) is 3.94. The number of carbonyl (C=O) groups excluding carboxylic acids is 2. The van der Waals surface area contributed by atoms with E-state index in [-0.39, 0.29) is 17.4 Å². The van der Waals surface area contributed by atoms with Gasteiger partial charge in [0.2, 0.25) is 5.91 Å². The van der Waals surface area contributed by atoms with Gasteiger partial charge < -0.3 is 10.6 Å². The first-order valence-electron chi connectivity index (χ1n) is 7.50. The summed E-state index contributed by atoms with van der Waals surface area (Å²) in [5, 5.41) is 5.36. The first kappa shape index (κ1) is 18.1. The van der Waals surface area contributed by atoms with Crippen molar-refractivity contribution in [3.8, 4) is 0 Å². The topological polar surface area (TPSA) is 58.2 Å². The SMILES string of the molecule is CC(C)[C@H](NC(=O)c1ccccc1F)C(=O)Nc1cccc(Br)c1. The summed E-state index contributed by atoms with van der Waals surface area (Å²) in [7, 11) is 0. The molecule has 4 nitrogen and oxygen atoms in total. The van der Waals surface area contributed by atoms with Crippen molar-refractivity contribution in [1.82, 2.24) is 5.32 Å². The molecule has 2 N–H and O–H groups in total. The second kappa shape index (κ2) is 8.06. The average molecular weight is 393 g/mol. The molecule has 6 heteroatoms. The molecule has 0 aliphatic carbocycles. The lowest BCUT2D eigenvalue weighted by molar-refractivity contribution is -0.118. The number of nitrogens with one attached hydrogen (secondary N) is 2. The Morgan fingerprint density at radius 2 is 1.79 bits per heavy atom. The van der Waals surface area contributed by atoms with Gasteiger partial charge in [-0.25, -0.2) is 4.39 Å². The summed E-state index contributed by atoms with van der Waals surface area (Å²) < 4.78 is 14.5. The Labute approximate surface area is 148 Å². The standard InChI is InChI=1S/C18H18BrFN2O2/c1-11(2)16(18(24)21-13-7-5-6-12(19)10-13)22-17(23)14-8-3-4-9-15(14)20/h3-11,16H,1-2H3,(H,21,24)(H,22,23)/t16-/m0/s1. The highest BCUT2D eigenvalue weighted by atomic mass is 79.9. The van der Waals surface area contributed by atoms with Gasteiger partial charge >= 0.3 is 0 Å². The van der Waals surface area contributed by atoms with E-state index in [1.54, 1.807) is 24.3 Å². The summed E-state index contributed by atoms with van der Waals surface area (Å²) in [6.45, 7) is 3.62. The summed E-state index contributed by atoms with van der Waals surface area (Å²) in [4.78, 5) is 24.7. The molecule has 0 bridgehead atoms. The van der Waals surface area contributed by atoms with Crippen molar-refractivity contribution in [3.63, 3.8) is 0 Å². The summed E-state index contributed by atoms with van der Waals surface area (Å²) in [6, 6.07) is 12.0. The molecule has 0 fully saturated rings. The largest absolute Gasteiger partial charge is 0.340 e. The van der Waals surface area contributed by atoms with E-state index in [1.807, 2.05) is 19.9 Å². The smallest absolute Gasteiger partial charge is 0.254 e. The molecule has 1 atom stereocenters. The molecule has 2 aromatic rings. The second-order valence-corrected chi connectivity index (χ2v) is 6.59. The van der Waals surface area contributed by atoms with Gasteiger partial charge in [0.05, 0.1) is 5.56 Å². The molecule has 0 spiro atoms. The fourth-order valence-corrected chi connectivity index (χ4v) is 2.58. The van der Waals surface area contributed by atoms with Gasteiger partial charge in [-0.15, -0.1) is 0 Å². The third-order valence-electron chi connectivity index (χ3n) is 3.45. The van der Waals surface area contributed by atoms with Crippen LogP contribution in [-0.2, 0) is 4.79 Å². The van der Waals surface area contributed by atoms with Crippen LogP contribution in [0.2, 0.25) is 0 Å². The summed E-state index contributed by atoms with van der Waals surface area (Å²) >= 11 is 3.33. The Kier molecular flexibility index (Phi) is 6.09. The predicted molar refractivity (Wildman–Crippen MR) is 95.3 cm³/mol. The van der Waals surface area contributed by atoms with Crippen LogP contribution in [0.4, 0.5) is 10.1 Å². The molecule has 0 saturated heterocycles. The Bertz CT molecular complexity index is 749. The van der Waals surface area contributed by atoms with Crippen molar-refractivity contribution in [1.29, 1.82) is 0 Å². The van der Waals surface area contributed by atoms with Crippen LogP contribution in [0, 0.1) is 11.7 Å². The molecule has 2 rings (SSSR count). The fraction of sp³-hybridized carbons (Fsp3) is 0.222. The first-order chi connectivity index (χ1) is 11.4. The van der Waals surface area contributed by atoms with Crippen molar-refractivity contribution in [2.24, 2.45) is 5.92 Å². The van der Waals surface area contributed by atoms with E-state index in [4.69, 9.17) is 0 Å². The zero-order chi connectivity index (χ0) is 17.7. The zero-order valence-electron chi connectivity index (χ0n) is 13.3. The lowest BCUT2D eigenvalue weighted by Gasteiger charge is -2.22. The molecule has 2 amide bonds. The molecule has 0 aliphatic heterocycles. The van der Waals surface area contributed by atoms with E-state index in [1.165, 1.54) is 18.2 Å². The Morgan fingerprint density at radius 3 is 2.42 bits per heavy atom. The molecule has 126 valence electrons. The maximum Gasteiger partial charge on any atom is 0.254 e. The number of rotatable bonds is 5. The quantitative estimate of drug-likeness (QED) is 0.808. The lowest BCUT2D eigenvalue weighted by atomic mass is 10.0. The Hall–Kier alpha value is -2.21. The van der Waals surface area contributed by atoms with Crippen LogP contribution in [0.15, 0.2) is 53.0 Å². The average Bonchev–Trinajstić information content (AvgIpc) is 2.52. The van der Waals surface area contributed by atoms with Gasteiger partial charge in [0.25, 0.3) is 5.91 Å². The Morgan fingerprint density at radius 1 is 1.08 bits per heavy atom. The second-order valence-electron chi connectivity index (χ2n) is 5.67. The highest BCUT2D eigenvalue weighted by Gasteiger charge is 2.25. The maximum absolute atomic E-state index is 13.7. The monoisotopic (exact) mass is 392 g/mol. The predicted octanol–water partition coefficient (Wildman–Crippen LogP) is 3.98. The molecule has 0 radical (unpaired) electrons. The van der Waals surface area contributed by atoms with Crippen LogP contribution in [0.5, 0.6) is 0 Å². The van der Waals surface area contributed by atoms with Crippen molar-refractivity contribution < 1.29 is 14.0 Å². The van der Waals surface area contributed by atoms with E-state index >= 15 is 0 Å². The minimum Gasteiger partial charge on any atom is -0.340 e. The van der Waals surface area contributed by atoms with E-state index in [9.17, 15) is 14.0 Å². The summed E-state index contributed by atoms with van der Waals surface area (Å²) in [5.41, 5.74) is 0.526. The van der Waals surface area contributed by atoms with E-state index in [0.29, 0.717) is 5.69 Å². The number of benzene rings is 2. The maximum atomic E-state index is 13.7. The molecule has 0 unspecified atom stereocenters. The molecular formula is C18H18BrFN2O2. The van der Waals surface area contributed by atoms with Gasteiger partial charge in [-0.3, -0.25) is 9.59 Å². The number of halogens is 2. The first-order valence-corrected chi connectivity index (χ1v) is 8.29.